The number of piperidine rings is 1. The van der Waals surface area contributed by atoms with E-state index >= 15 is 0 Å². The number of fused-ring (bicyclic) bond motifs is 2. The molecule has 1 aliphatic heterocycles. The van der Waals surface area contributed by atoms with Crippen LogP contribution in [-0.4, -0.2) is 35.0 Å². The maximum absolute atomic E-state index is 12.1. The van der Waals surface area contributed by atoms with Crippen LogP contribution in [0.25, 0.3) is 0 Å². The fourth-order valence-electron chi connectivity index (χ4n) is 3.10. The highest BCUT2D eigenvalue weighted by Crippen LogP contribution is 2.36. The van der Waals surface area contributed by atoms with Gasteiger partial charge in [0, 0.05) is 31.4 Å². The Morgan fingerprint density at radius 3 is 2.79 bits per heavy atom. The van der Waals surface area contributed by atoms with Gasteiger partial charge >= 0.3 is 0 Å². The molecule has 1 aromatic heterocycles. The molecule has 1 aromatic rings. The Labute approximate surface area is 125 Å². The molecule has 2 aliphatic rings. The summed E-state index contributed by atoms with van der Waals surface area (Å²) in [7, 11) is 0. The van der Waals surface area contributed by atoms with Gasteiger partial charge in [-0.3, -0.25) is 4.79 Å². The molecule has 2 bridgehead atoms. The number of nitrogens with one attached hydrogen (secondary N) is 3. The van der Waals surface area contributed by atoms with Gasteiger partial charge in [-0.15, -0.1) is 24.8 Å². The molecule has 3 N–H and O–H groups in total. The molecular weight excluding hydrogens is 287 g/mol. The minimum atomic E-state index is 0. The van der Waals surface area contributed by atoms with E-state index in [4.69, 9.17) is 0 Å². The molecule has 0 spiro atoms. The minimum Gasteiger partial charge on any atom is -0.355 e. The molecule has 2 heterocycles. The normalized spacial score (nSPS) is 27.5. The fourth-order valence-corrected chi connectivity index (χ4v) is 3.10. The topological polar surface area (TPSA) is 69.8 Å². The maximum atomic E-state index is 12.1. The van der Waals surface area contributed by atoms with E-state index in [0.29, 0.717) is 18.5 Å². The highest BCUT2D eigenvalue weighted by Gasteiger charge is 2.45. The summed E-state index contributed by atoms with van der Waals surface area (Å²) in [6.07, 6.45) is 6.67. The molecule has 1 aliphatic carbocycles. The van der Waals surface area contributed by atoms with Gasteiger partial charge in [-0.25, -0.2) is 4.98 Å². The Kier molecular flexibility index (Phi) is 6.10. The van der Waals surface area contributed by atoms with Crippen molar-refractivity contribution in [3.05, 3.63) is 18.2 Å². The van der Waals surface area contributed by atoms with E-state index in [1.165, 1.54) is 6.42 Å². The smallest absolute Gasteiger partial charge is 0.225 e. The Morgan fingerprint density at radius 2 is 2.26 bits per heavy atom. The van der Waals surface area contributed by atoms with Gasteiger partial charge in [-0.1, -0.05) is 0 Å². The summed E-state index contributed by atoms with van der Waals surface area (Å²) in [5, 5.41) is 6.44. The highest BCUT2D eigenvalue weighted by molar-refractivity contribution is 5.85. The average molecular weight is 307 g/mol. The van der Waals surface area contributed by atoms with Gasteiger partial charge in [-0.05, 0) is 25.3 Å². The number of imidazole rings is 1. The Hall–Kier alpha value is -0.780. The van der Waals surface area contributed by atoms with Crippen molar-refractivity contribution in [1.82, 2.24) is 20.6 Å². The predicted octanol–water partition coefficient (Wildman–Crippen LogP) is 0.910. The van der Waals surface area contributed by atoms with Crippen LogP contribution in [0.1, 0.15) is 18.7 Å². The third kappa shape index (κ3) is 3.41. The second-order valence-electron chi connectivity index (χ2n) is 4.95. The lowest BCUT2D eigenvalue weighted by molar-refractivity contribution is -0.125. The summed E-state index contributed by atoms with van der Waals surface area (Å²) in [4.78, 5) is 19.2. The molecule has 0 radical (unpaired) electrons. The van der Waals surface area contributed by atoms with Crippen molar-refractivity contribution < 1.29 is 4.79 Å². The summed E-state index contributed by atoms with van der Waals surface area (Å²) >= 11 is 0. The van der Waals surface area contributed by atoms with Gasteiger partial charge in [0.25, 0.3) is 0 Å². The zero-order valence-electron chi connectivity index (χ0n) is 10.6. The van der Waals surface area contributed by atoms with Gasteiger partial charge in [0.05, 0.1) is 5.92 Å². The van der Waals surface area contributed by atoms with Gasteiger partial charge in [-0.2, -0.15) is 0 Å². The zero-order valence-corrected chi connectivity index (χ0v) is 12.2. The number of halogens is 2. The van der Waals surface area contributed by atoms with Crippen LogP contribution in [0.2, 0.25) is 0 Å². The third-order valence-corrected chi connectivity index (χ3v) is 3.95. The lowest BCUT2D eigenvalue weighted by Crippen LogP contribution is -2.37. The lowest BCUT2D eigenvalue weighted by Gasteiger charge is -2.14. The minimum absolute atomic E-state index is 0. The molecule has 0 unspecified atom stereocenters. The van der Waals surface area contributed by atoms with Crippen molar-refractivity contribution in [2.75, 3.05) is 13.1 Å². The lowest BCUT2D eigenvalue weighted by atomic mass is 9.97. The first-order valence-corrected chi connectivity index (χ1v) is 6.34. The Morgan fingerprint density at radius 1 is 1.42 bits per heavy atom. The number of H-pyrrole nitrogens is 1. The predicted molar refractivity (Wildman–Crippen MR) is 77.8 cm³/mol. The second kappa shape index (κ2) is 7.12. The number of amides is 1. The molecule has 2 fully saturated rings. The fraction of sp³-hybridized carbons (Fsp3) is 0.667. The van der Waals surface area contributed by atoms with Crippen molar-refractivity contribution in [2.45, 2.75) is 25.3 Å². The Balaban J connectivity index is 0.000000902. The van der Waals surface area contributed by atoms with Crippen LogP contribution in [0.15, 0.2) is 12.4 Å². The number of nitrogens with zero attached hydrogens (tertiary/aromatic N) is 1. The molecule has 5 nitrogen and oxygen atoms in total. The van der Waals surface area contributed by atoms with Crippen LogP contribution < -0.4 is 10.6 Å². The van der Waals surface area contributed by atoms with Crippen molar-refractivity contribution in [2.24, 2.45) is 11.8 Å². The number of hydrogen-bond acceptors (Lipinski definition) is 3. The number of carbonyl (C=O) groups excluding carboxylic acids is 1. The summed E-state index contributed by atoms with van der Waals surface area (Å²) in [5.74, 6) is 1.90. The number of rotatable bonds is 4. The summed E-state index contributed by atoms with van der Waals surface area (Å²) in [6, 6.07) is 0.420. The second-order valence-corrected chi connectivity index (χ2v) is 4.95. The first kappa shape index (κ1) is 16.3. The van der Waals surface area contributed by atoms with Crippen molar-refractivity contribution in [3.63, 3.8) is 0 Å². The molecule has 7 heteroatoms. The number of hydrogen-bond donors (Lipinski definition) is 3. The van der Waals surface area contributed by atoms with Gasteiger partial charge in [0.1, 0.15) is 5.82 Å². The molecule has 108 valence electrons. The van der Waals surface area contributed by atoms with E-state index in [1.54, 1.807) is 12.4 Å². The van der Waals surface area contributed by atoms with Crippen molar-refractivity contribution in [3.8, 4) is 0 Å². The molecule has 19 heavy (non-hydrogen) atoms. The third-order valence-electron chi connectivity index (χ3n) is 3.95. The zero-order chi connectivity index (χ0) is 11.7. The van der Waals surface area contributed by atoms with Crippen molar-refractivity contribution >= 4 is 30.7 Å². The molecule has 3 rings (SSSR count). The largest absolute Gasteiger partial charge is 0.355 e. The highest BCUT2D eigenvalue weighted by atomic mass is 35.5. The number of aromatic nitrogens is 2. The summed E-state index contributed by atoms with van der Waals surface area (Å²) < 4.78 is 0. The van der Waals surface area contributed by atoms with Crippen LogP contribution >= 0.6 is 24.8 Å². The van der Waals surface area contributed by atoms with Crippen LogP contribution in [0.5, 0.6) is 0 Å². The SMILES string of the molecule is Cl.Cl.O=C(NCCc1ncc[nH]1)[C@@H]1[C@H]2CC[C@@H]1NC2. The van der Waals surface area contributed by atoms with Gasteiger partial charge in [0.2, 0.25) is 5.91 Å². The monoisotopic (exact) mass is 306 g/mol. The van der Waals surface area contributed by atoms with E-state index < -0.39 is 0 Å². The van der Waals surface area contributed by atoms with Gasteiger partial charge in [0.15, 0.2) is 0 Å². The average Bonchev–Trinajstić information content (AvgIpc) is 3.05. The van der Waals surface area contributed by atoms with E-state index in [0.717, 1.165) is 25.2 Å². The summed E-state index contributed by atoms with van der Waals surface area (Å²) in [5.41, 5.74) is 0. The molecule has 1 saturated heterocycles. The van der Waals surface area contributed by atoms with Crippen LogP contribution in [-0.2, 0) is 11.2 Å². The first-order valence-electron chi connectivity index (χ1n) is 6.34. The Bertz CT molecular complexity index is 378. The standard InChI is InChI=1S/C12H18N4O.2ClH/c17-12(11-8-1-2-9(11)16-7-8)15-4-3-10-13-5-6-14-10;;/h5-6,8-9,11,16H,1-4,7H2,(H,13,14)(H,15,17);2*1H/t8-,9-,11+;;/m0../s1. The molecule has 3 atom stereocenters. The van der Waals surface area contributed by atoms with Crippen LogP contribution in [0, 0.1) is 11.8 Å². The maximum Gasteiger partial charge on any atom is 0.225 e. The van der Waals surface area contributed by atoms with E-state index in [1.807, 2.05) is 0 Å². The number of aromatic amines is 1. The summed E-state index contributed by atoms with van der Waals surface area (Å²) in [6.45, 7) is 1.68. The molecular formula is C12H20Cl2N4O. The molecule has 1 saturated carbocycles. The first-order chi connectivity index (χ1) is 8.34. The van der Waals surface area contributed by atoms with Crippen LogP contribution in [0.3, 0.4) is 0 Å². The molecule has 1 amide bonds. The van der Waals surface area contributed by atoms with E-state index in [-0.39, 0.29) is 36.6 Å². The molecule has 0 aromatic carbocycles. The number of carbonyl (C=O) groups is 1. The van der Waals surface area contributed by atoms with Crippen LogP contribution in [0.4, 0.5) is 0 Å². The van der Waals surface area contributed by atoms with E-state index in [2.05, 4.69) is 20.6 Å². The van der Waals surface area contributed by atoms with Crippen molar-refractivity contribution in [1.29, 1.82) is 0 Å². The van der Waals surface area contributed by atoms with Gasteiger partial charge < -0.3 is 15.6 Å². The quantitative estimate of drug-likeness (QED) is 0.774. The van der Waals surface area contributed by atoms with E-state index in [9.17, 15) is 4.79 Å².